The summed E-state index contributed by atoms with van der Waals surface area (Å²) in [6.45, 7) is 12.7. The van der Waals surface area contributed by atoms with Crippen LogP contribution in [0.15, 0.2) is 27.1 Å². The first-order chi connectivity index (χ1) is 11.7. The fraction of sp³-hybridized carbons (Fsp3) is 0.611. The van der Waals surface area contributed by atoms with Crippen molar-refractivity contribution in [2.75, 3.05) is 6.61 Å². The van der Waals surface area contributed by atoms with Crippen LogP contribution in [0, 0.1) is 0 Å². The van der Waals surface area contributed by atoms with Crippen molar-refractivity contribution in [1.29, 1.82) is 0 Å². The molecule has 0 aliphatic rings. The maximum Gasteiger partial charge on any atom is 0.344 e. The van der Waals surface area contributed by atoms with Gasteiger partial charge in [0.1, 0.15) is 6.10 Å². The second-order valence-electron chi connectivity index (χ2n) is 6.53. The van der Waals surface area contributed by atoms with Crippen LogP contribution < -0.4 is 0 Å². The van der Waals surface area contributed by atoms with Gasteiger partial charge in [0.25, 0.3) is 0 Å². The molecule has 0 aromatic heterocycles. The molecule has 25 heavy (non-hydrogen) atoms. The lowest BCUT2D eigenvalue weighted by atomic mass is 10.2. The molecule has 142 valence electrons. The summed E-state index contributed by atoms with van der Waals surface area (Å²) >= 11 is 7.15. The van der Waals surface area contributed by atoms with E-state index in [0.29, 0.717) is 13.2 Å². The summed E-state index contributed by atoms with van der Waals surface area (Å²) in [6, 6.07) is 5.94. The van der Waals surface area contributed by atoms with E-state index >= 15 is 0 Å². The molecule has 0 N–H and O–H groups in total. The number of hydrogen-bond donors (Lipinski definition) is 0. The number of carbonyl (C=O) groups excluding carboxylic acids is 1. The molecule has 0 amide bonds. The van der Waals surface area contributed by atoms with Crippen molar-refractivity contribution in [3.8, 4) is 0 Å². The zero-order valence-corrected chi connectivity index (χ0v) is 19.9. The first-order valence-electron chi connectivity index (χ1n) is 8.56. The minimum absolute atomic E-state index is 0.186. The quantitative estimate of drug-likeness (QED) is 0.313. The SMILES string of the molecule is CCOC(=O)[C@H](C)O[Si](OCc1c(Br)cccc1Br)(C(C)C)C(C)C. The Kier molecular flexibility index (Phi) is 9.32. The summed E-state index contributed by atoms with van der Waals surface area (Å²) in [7, 11) is -2.68. The lowest BCUT2D eigenvalue weighted by Gasteiger charge is -2.39. The van der Waals surface area contributed by atoms with Crippen molar-refractivity contribution in [2.45, 2.75) is 65.3 Å². The zero-order chi connectivity index (χ0) is 19.2. The van der Waals surface area contributed by atoms with E-state index < -0.39 is 14.7 Å². The predicted octanol–water partition coefficient (Wildman–Crippen LogP) is 5.96. The molecule has 1 rings (SSSR count). The van der Waals surface area contributed by atoms with E-state index in [0.717, 1.165) is 14.5 Å². The minimum Gasteiger partial charge on any atom is -0.464 e. The third-order valence-corrected chi connectivity index (χ3v) is 10.1. The number of esters is 1. The number of ether oxygens (including phenoxy) is 1. The smallest absolute Gasteiger partial charge is 0.344 e. The molecular formula is C18H28Br2O4Si. The number of rotatable bonds is 9. The topological polar surface area (TPSA) is 44.8 Å². The van der Waals surface area contributed by atoms with Crippen molar-refractivity contribution < 1.29 is 18.4 Å². The molecule has 0 unspecified atom stereocenters. The van der Waals surface area contributed by atoms with Gasteiger partial charge in [0.15, 0.2) is 0 Å². The number of benzene rings is 1. The van der Waals surface area contributed by atoms with Crippen molar-refractivity contribution in [3.63, 3.8) is 0 Å². The van der Waals surface area contributed by atoms with Gasteiger partial charge in [-0.15, -0.1) is 0 Å². The molecule has 0 spiro atoms. The first-order valence-corrected chi connectivity index (χ1v) is 12.1. The highest BCUT2D eigenvalue weighted by Gasteiger charge is 2.47. The average Bonchev–Trinajstić information content (AvgIpc) is 2.52. The van der Waals surface area contributed by atoms with Crippen molar-refractivity contribution >= 4 is 46.4 Å². The molecule has 4 nitrogen and oxygen atoms in total. The summed E-state index contributed by atoms with van der Waals surface area (Å²) in [5, 5.41) is 0. The Bertz CT molecular complexity index is 550. The van der Waals surface area contributed by atoms with Crippen LogP contribution in [0.1, 0.15) is 47.1 Å². The molecule has 7 heteroatoms. The second-order valence-corrected chi connectivity index (χ2v) is 12.5. The van der Waals surface area contributed by atoms with E-state index in [-0.39, 0.29) is 17.1 Å². The lowest BCUT2D eigenvalue weighted by molar-refractivity contribution is -0.152. The second kappa shape index (κ2) is 10.2. The van der Waals surface area contributed by atoms with Crippen LogP contribution in [0.3, 0.4) is 0 Å². The van der Waals surface area contributed by atoms with Crippen LogP contribution in [0.2, 0.25) is 11.1 Å². The Hall–Kier alpha value is -0.213. The van der Waals surface area contributed by atoms with E-state index in [1.165, 1.54) is 0 Å². The first kappa shape index (κ1) is 22.8. The molecule has 0 fully saturated rings. The molecule has 0 saturated carbocycles. The van der Waals surface area contributed by atoms with E-state index in [2.05, 4.69) is 59.6 Å². The van der Waals surface area contributed by atoms with Gasteiger partial charge in [-0.2, -0.15) is 0 Å². The van der Waals surface area contributed by atoms with Crippen LogP contribution >= 0.6 is 31.9 Å². The summed E-state index contributed by atoms with van der Waals surface area (Å²) in [4.78, 5) is 12.1. The van der Waals surface area contributed by atoms with Gasteiger partial charge in [-0.1, -0.05) is 65.6 Å². The van der Waals surface area contributed by atoms with E-state index in [9.17, 15) is 4.79 Å². The van der Waals surface area contributed by atoms with Crippen molar-refractivity contribution in [2.24, 2.45) is 0 Å². The molecular weight excluding hydrogens is 468 g/mol. The molecule has 1 aromatic rings. The van der Waals surface area contributed by atoms with Gasteiger partial charge in [0.2, 0.25) is 0 Å². The highest BCUT2D eigenvalue weighted by Crippen LogP contribution is 2.37. The lowest BCUT2D eigenvalue weighted by Crippen LogP contribution is -2.51. The molecule has 0 saturated heterocycles. The molecule has 0 radical (unpaired) electrons. The molecule has 0 aliphatic heterocycles. The fourth-order valence-electron chi connectivity index (χ4n) is 2.75. The Labute approximate surface area is 169 Å². The maximum absolute atomic E-state index is 12.1. The monoisotopic (exact) mass is 494 g/mol. The van der Waals surface area contributed by atoms with E-state index in [1.807, 2.05) is 18.2 Å². The van der Waals surface area contributed by atoms with Gasteiger partial charge in [-0.25, -0.2) is 4.79 Å². The number of carbonyl (C=O) groups is 1. The Morgan fingerprint density at radius 2 is 1.60 bits per heavy atom. The van der Waals surface area contributed by atoms with Crippen molar-refractivity contribution in [3.05, 3.63) is 32.7 Å². The van der Waals surface area contributed by atoms with Crippen LogP contribution in [0.5, 0.6) is 0 Å². The maximum atomic E-state index is 12.1. The Balaban J connectivity index is 3.05. The van der Waals surface area contributed by atoms with Crippen LogP contribution in [0.4, 0.5) is 0 Å². The van der Waals surface area contributed by atoms with E-state index in [1.54, 1.807) is 13.8 Å². The summed E-state index contributed by atoms with van der Waals surface area (Å²) in [6.07, 6.45) is -0.640. The van der Waals surface area contributed by atoms with Gasteiger partial charge >= 0.3 is 14.5 Å². The zero-order valence-electron chi connectivity index (χ0n) is 15.8. The van der Waals surface area contributed by atoms with Crippen LogP contribution in [-0.2, 0) is 25.0 Å². The fourth-order valence-corrected chi connectivity index (χ4v) is 7.60. The largest absolute Gasteiger partial charge is 0.464 e. The molecule has 0 heterocycles. The summed E-state index contributed by atoms with van der Waals surface area (Å²) in [5.74, 6) is -0.341. The van der Waals surface area contributed by atoms with E-state index in [4.69, 9.17) is 13.6 Å². The van der Waals surface area contributed by atoms with Crippen LogP contribution in [-0.4, -0.2) is 27.2 Å². The standard InChI is InChI=1S/C18H28Br2O4Si/c1-7-22-18(21)14(6)24-25(12(2)3,13(4)5)23-11-15-16(19)9-8-10-17(15)20/h8-10,12-14H,7,11H2,1-6H3/t14-/m0/s1. The third-order valence-electron chi connectivity index (χ3n) is 4.09. The predicted molar refractivity (Wildman–Crippen MR) is 110 cm³/mol. The molecule has 0 bridgehead atoms. The normalized spacial score (nSPS) is 13.4. The minimum atomic E-state index is -2.68. The van der Waals surface area contributed by atoms with Gasteiger partial charge in [-0.3, -0.25) is 0 Å². The molecule has 1 aromatic carbocycles. The third kappa shape index (κ3) is 5.89. The number of halogens is 2. The Morgan fingerprint density at radius 3 is 2.04 bits per heavy atom. The highest BCUT2D eigenvalue weighted by atomic mass is 79.9. The summed E-state index contributed by atoms with van der Waals surface area (Å²) in [5.41, 5.74) is 1.41. The average molecular weight is 496 g/mol. The number of hydrogen-bond acceptors (Lipinski definition) is 4. The van der Waals surface area contributed by atoms with Crippen molar-refractivity contribution in [1.82, 2.24) is 0 Å². The molecule has 1 atom stereocenters. The summed E-state index contributed by atoms with van der Waals surface area (Å²) < 4.78 is 19.8. The van der Waals surface area contributed by atoms with Crippen LogP contribution in [0.25, 0.3) is 0 Å². The highest BCUT2D eigenvalue weighted by molar-refractivity contribution is 9.11. The van der Waals surface area contributed by atoms with Gasteiger partial charge in [0.05, 0.1) is 13.2 Å². The van der Waals surface area contributed by atoms with Gasteiger partial charge in [-0.05, 0) is 37.1 Å². The Morgan fingerprint density at radius 1 is 1.08 bits per heavy atom. The van der Waals surface area contributed by atoms with Gasteiger partial charge < -0.3 is 13.6 Å². The molecule has 0 aliphatic carbocycles. The van der Waals surface area contributed by atoms with Gasteiger partial charge in [0, 0.05) is 14.5 Å².